The summed E-state index contributed by atoms with van der Waals surface area (Å²) in [5.41, 5.74) is 5.40. The number of nitrogens with two attached hydrogens (primary N) is 1. The molecule has 21 heavy (non-hydrogen) atoms. The van der Waals surface area contributed by atoms with E-state index in [1.54, 1.807) is 4.31 Å². The van der Waals surface area contributed by atoms with Crippen molar-refractivity contribution in [3.05, 3.63) is 0 Å². The van der Waals surface area contributed by atoms with Crippen LogP contribution in [-0.4, -0.2) is 72.8 Å². The third-order valence-electron chi connectivity index (χ3n) is 4.45. The summed E-state index contributed by atoms with van der Waals surface area (Å²) in [5.74, 6) is 0.103. The third kappa shape index (κ3) is 3.92. The van der Waals surface area contributed by atoms with Crippen LogP contribution in [0, 0.1) is 0 Å². The van der Waals surface area contributed by atoms with Crippen molar-refractivity contribution in [3.8, 4) is 0 Å². The van der Waals surface area contributed by atoms with Gasteiger partial charge in [-0.3, -0.25) is 4.90 Å². The zero-order valence-corrected chi connectivity index (χ0v) is 14.4. The molecule has 0 spiro atoms. The summed E-state index contributed by atoms with van der Waals surface area (Å²) in [6.07, 6.45) is 1.66. The fourth-order valence-electron chi connectivity index (χ4n) is 2.80. The van der Waals surface area contributed by atoms with Crippen LogP contribution in [0.1, 0.15) is 26.7 Å². The smallest absolute Gasteiger partial charge is 0.216 e. The fraction of sp³-hybridized carbons (Fsp3) is 0.923. The second-order valence-corrected chi connectivity index (χ2v) is 8.68. The molecule has 2 fully saturated rings. The number of rotatable bonds is 5. The molecule has 2 aliphatic rings. The molecule has 0 amide bonds. The summed E-state index contributed by atoms with van der Waals surface area (Å²) >= 11 is 5.10. The Hall–Kier alpha value is -0.280. The second kappa shape index (κ2) is 6.45. The van der Waals surface area contributed by atoms with Gasteiger partial charge < -0.3 is 10.5 Å². The molecule has 0 aromatic heterocycles. The fourth-order valence-corrected chi connectivity index (χ4v) is 4.59. The van der Waals surface area contributed by atoms with Gasteiger partial charge in [0.25, 0.3) is 0 Å². The van der Waals surface area contributed by atoms with Crippen LogP contribution in [-0.2, 0) is 14.8 Å². The molecule has 0 aromatic rings. The molecule has 2 aliphatic heterocycles. The second-order valence-electron chi connectivity index (χ2n) is 6.22. The molecule has 0 bridgehead atoms. The van der Waals surface area contributed by atoms with E-state index in [1.807, 2.05) is 13.8 Å². The van der Waals surface area contributed by atoms with Gasteiger partial charge >= 0.3 is 0 Å². The van der Waals surface area contributed by atoms with E-state index in [0.29, 0.717) is 37.8 Å². The van der Waals surface area contributed by atoms with Gasteiger partial charge in [0, 0.05) is 32.8 Å². The van der Waals surface area contributed by atoms with Gasteiger partial charge in [0.2, 0.25) is 10.0 Å². The summed E-state index contributed by atoms with van der Waals surface area (Å²) < 4.78 is 31.8. The molecule has 0 saturated carbocycles. The van der Waals surface area contributed by atoms with Crippen molar-refractivity contribution in [2.24, 2.45) is 5.73 Å². The van der Waals surface area contributed by atoms with Gasteiger partial charge in [-0.1, -0.05) is 12.2 Å². The molecule has 0 radical (unpaired) electrons. The average Bonchev–Trinajstić information content (AvgIpc) is 2.91. The first-order chi connectivity index (χ1) is 9.73. The molecular weight excluding hydrogens is 310 g/mol. The van der Waals surface area contributed by atoms with Crippen LogP contribution in [0.5, 0.6) is 0 Å². The monoisotopic (exact) mass is 335 g/mol. The first-order valence-corrected chi connectivity index (χ1v) is 9.39. The van der Waals surface area contributed by atoms with E-state index in [1.165, 1.54) is 0 Å². The highest BCUT2D eigenvalue weighted by atomic mass is 32.2. The van der Waals surface area contributed by atoms with Gasteiger partial charge in [0.1, 0.15) is 0 Å². The van der Waals surface area contributed by atoms with E-state index in [4.69, 9.17) is 22.7 Å². The summed E-state index contributed by atoms with van der Waals surface area (Å²) in [4.78, 5) is 2.59. The van der Waals surface area contributed by atoms with Crippen molar-refractivity contribution in [3.63, 3.8) is 0 Å². The molecular formula is C13H25N3O3S2. The lowest BCUT2D eigenvalue weighted by Gasteiger charge is -2.43. The molecule has 2 rings (SSSR count). The zero-order valence-electron chi connectivity index (χ0n) is 12.7. The summed E-state index contributed by atoms with van der Waals surface area (Å²) in [7, 11) is -3.24. The summed E-state index contributed by atoms with van der Waals surface area (Å²) in [6.45, 7) is 6.90. The van der Waals surface area contributed by atoms with E-state index in [9.17, 15) is 8.42 Å². The predicted molar refractivity (Wildman–Crippen MR) is 86.8 cm³/mol. The normalized spacial score (nSPS) is 26.1. The van der Waals surface area contributed by atoms with E-state index < -0.39 is 10.0 Å². The Balaban J connectivity index is 1.92. The molecule has 2 saturated heterocycles. The highest BCUT2D eigenvalue weighted by Gasteiger charge is 2.36. The standard InChI is InChI=1S/C13H25N3O3S2/c1-13(2,12(14)20)15-5-7-16(8-6-15)21(17,18)10-11-4-3-9-19-11/h11H,3-10H2,1-2H3,(H2,14,20). The van der Waals surface area contributed by atoms with E-state index >= 15 is 0 Å². The summed E-state index contributed by atoms with van der Waals surface area (Å²) in [5, 5.41) is 0. The minimum absolute atomic E-state index is 0.103. The minimum Gasteiger partial charge on any atom is -0.392 e. The lowest BCUT2D eigenvalue weighted by molar-refractivity contribution is 0.115. The SMILES string of the molecule is CC(C)(C(N)=S)N1CCN(S(=O)(=O)CC2CCCO2)CC1. The van der Waals surface area contributed by atoms with Crippen LogP contribution >= 0.6 is 12.2 Å². The Morgan fingerprint density at radius 3 is 2.43 bits per heavy atom. The Bertz CT molecular complexity index is 479. The number of sulfonamides is 1. The molecule has 0 aliphatic carbocycles. The quantitative estimate of drug-likeness (QED) is 0.722. The van der Waals surface area contributed by atoms with Crippen molar-refractivity contribution >= 4 is 27.2 Å². The van der Waals surface area contributed by atoms with E-state index in [-0.39, 0.29) is 17.4 Å². The molecule has 122 valence electrons. The molecule has 6 nitrogen and oxygen atoms in total. The highest BCUT2D eigenvalue weighted by Crippen LogP contribution is 2.21. The van der Waals surface area contributed by atoms with E-state index in [0.717, 1.165) is 12.8 Å². The molecule has 2 N–H and O–H groups in total. The van der Waals surface area contributed by atoms with Crippen molar-refractivity contribution < 1.29 is 13.2 Å². The first-order valence-electron chi connectivity index (χ1n) is 7.38. The maximum absolute atomic E-state index is 12.4. The van der Waals surface area contributed by atoms with Gasteiger partial charge in [-0.25, -0.2) is 8.42 Å². The number of ether oxygens (including phenoxy) is 1. The van der Waals surface area contributed by atoms with Crippen LogP contribution in [0.25, 0.3) is 0 Å². The third-order valence-corrected chi connectivity index (χ3v) is 6.89. The van der Waals surface area contributed by atoms with Crippen molar-refractivity contribution in [1.29, 1.82) is 0 Å². The Morgan fingerprint density at radius 2 is 1.95 bits per heavy atom. The highest BCUT2D eigenvalue weighted by molar-refractivity contribution is 7.89. The van der Waals surface area contributed by atoms with E-state index in [2.05, 4.69) is 4.90 Å². The van der Waals surface area contributed by atoms with Crippen molar-refractivity contribution in [1.82, 2.24) is 9.21 Å². The predicted octanol–water partition coefficient (Wildman–Crippen LogP) is 0.178. The molecule has 8 heteroatoms. The van der Waals surface area contributed by atoms with Gasteiger partial charge in [0.15, 0.2) is 0 Å². The maximum atomic E-state index is 12.4. The van der Waals surface area contributed by atoms with Gasteiger partial charge in [-0.15, -0.1) is 0 Å². The number of piperazine rings is 1. The lowest BCUT2D eigenvalue weighted by atomic mass is 10.0. The minimum atomic E-state index is -3.24. The van der Waals surface area contributed by atoms with Crippen LogP contribution < -0.4 is 5.73 Å². The van der Waals surface area contributed by atoms with Crippen LogP contribution in [0.3, 0.4) is 0 Å². The van der Waals surface area contributed by atoms with Crippen LogP contribution in [0.4, 0.5) is 0 Å². The van der Waals surface area contributed by atoms with Gasteiger partial charge in [-0.05, 0) is 26.7 Å². The van der Waals surface area contributed by atoms with Crippen LogP contribution in [0.2, 0.25) is 0 Å². The Labute approximate surface area is 132 Å². The average molecular weight is 335 g/mol. The largest absolute Gasteiger partial charge is 0.392 e. The first kappa shape index (κ1) is 17.1. The Morgan fingerprint density at radius 1 is 1.33 bits per heavy atom. The van der Waals surface area contributed by atoms with Crippen molar-refractivity contribution in [2.45, 2.75) is 38.3 Å². The number of nitrogens with zero attached hydrogens (tertiary/aromatic N) is 2. The zero-order chi connectivity index (χ0) is 15.7. The molecule has 0 aromatic carbocycles. The van der Waals surface area contributed by atoms with Crippen molar-refractivity contribution in [2.75, 3.05) is 38.5 Å². The summed E-state index contributed by atoms with van der Waals surface area (Å²) in [6, 6.07) is 0. The molecule has 2 heterocycles. The Kier molecular flexibility index (Phi) is 5.25. The van der Waals surface area contributed by atoms with Gasteiger partial charge in [0.05, 0.1) is 22.4 Å². The maximum Gasteiger partial charge on any atom is 0.216 e. The molecule has 1 unspecified atom stereocenters. The number of hydrogen-bond acceptors (Lipinski definition) is 5. The number of hydrogen-bond donors (Lipinski definition) is 1. The number of thiocarbonyl (C=S) groups is 1. The van der Waals surface area contributed by atoms with Gasteiger partial charge in [-0.2, -0.15) is 4.31 Å². The molecule has 1 atom stereocenters. The topological polar surface area (TPSA) is 75.9 Å². The van der Waals surface area contributed by atoms with Crippen LogP contribution in [0.15, 0.2) is 0 Å². The lowest BCUT2D eigenvalue weighted by Crippen LogP contribution is -2.60.